The second-order valence-corrected chi connectivity index (χ2v) is 7.90. The van der Waals surface area contributed by atoms with E-state index in [9.17, 15) is 14.4 Å². The Kier molecular flexibility index (Phi) is 6.04. The summed E-state index contributed by atoms with van der Waals surface area (Å²) in [6.07, 6.45) is 1.27. The molecule has 1 aliphatic rings. The van der Waals surface area contributed by atoms with E-state index in [2.05, 4.69) is 15.0 Å². The number of anilines is 2. The third-order valence-electron chi connectivity index (χ3n) is 4.81. The van der Waals surface area contributed by atoms with E-state index in [1.165, 1.54) is 11.3 Å². The lowest BCUT2D eigenvalue weighted by atomic mass is 10.2. The van der Waals surface area contributed by atoms with Crippen LogP contribution in [0.1, 0.15) is 47.4 Å². The van der Waals surface area contributed by atoms with Gasteiger partial charge in [-0.25, -0.2) is 14.8 Å². The molecule has 0 saturated carbocycles. The number of aryl methyl sites for hydroxylation is 1. The Morgan fingerprint density at radius 2 is 2.09 bits per heavy atom. The molecule has 3 aromatic rings. The summed E-state index contributed by atoms with van der Waals surface area (Å²) in [5, 5.41) is 2.58. The van der Waals surface area contributed by atoms with Gasteiger partial charge in [-0.3, -0.25) is 14.5 Å². The Balaban J connectivity index is 1.42. The number of fused-ring (bicyclic) bond motifs is 1. The first kappa shape index (κ1) is 21.7. The van der Waals surface area contributed by atoms with Crippen molar-refractivity contribution in [3.63, 3.8) is 0 Å². The quantitative estimate of drug-likeness (QED) is 0.520. The molecule has 4 heterocycles. The highest BCUT2D eigenvalue weighted by atomic mass is 32.1. The van der Waals surface area contributed by atoms with E-state index >= 15 is 0 Å². The molecule has 4 rings (SSSR count). The number of hydrogen-bond acceptors (Lipinski definition) is 11. The van der Waals surface area contributed by atoms with Gasteiger partial charge in [-0.05, 0) is 20.3 Å². The molecule has 0 bridgehead atoms. The SMILES string of the molecule is CCOC(=O)c1c(C)oc2nc(COC(=O)Cc3csc(N4CCCC4=O)n3)nc(N)c12. The van der Waals surface area contributed by atoms with Crippen LogP contribution in [0, 0.1) is 6.92 Å². The minimum Gasteiger partial charge on any atom is -0.462 e. The molecule has 12 heteroatoms. The highest BCUT2D eigenvalue weighted by molar-refractivity contribution is 7.14. The highest BCUT2D eigenvalue weighted by Crippen LogP contribution is 2.29. The summed E-state index contributed by atoms with van der Waals surface area (Å²) in [6, 6.07) is 0. The lowest BCUT2D eigenvalue weighted by Crippen LogP contribution is -2.23. The van der Waals surface area contributed by atoms with E-state index in [4.69, 9.17) is 19.6 Å². The molecule has 32 heavy (non-hydrogen) atoms. The summed E-state index contributed by atoms with van der Waals surface area (Å²) >= 11 is 1.31. The molecule has 11 nitrogen and oxygen atoms in total. The van der Waals surface area contributed by atoms with Crippen molar-refractivity contribution in [1.29, 1.82) is 0 Å². The third kappa shape index (κ3) is 4.26. The van der Waals surface area contributed by atoms with Gasteiger partial charge in [-0.1, -0.05) is 0 Å². The van der Waals surface area contributed by atoms with Gasteiger partial charge < -0.3 is 19.6 Å². The molecule has 0 atom stereocenters. The third-order valence-corrected chi connectivity index (χ3v) is 5.73. The Morgan fingerprint density at radius 1 is 1.28 bits per heavy atom. The highest BCUT2D eigenvalue weighted by Gasteiger charge is 2.25. The summed E-state index contributed by atoms with van der Waals surface area (Å²) in [6.45, 7) is 3.91. The number of esters is 2. The molecule has 0 unspecified atom stereocenters. The first-order chi connectivity index (χ1) is 15.4. The molecule has 0 spiro atoms. The Labute approximate surface area is 186 Å². The van der Waals surface area contributed by atoms with E-state index in [-0.39, 0.29) is 53.8 Å². The van der Waals surface area contributed by atoms with Crippen molar-refractivity contribution in [2.45, 2.75) is 39.7 Å². The van der Waals surface area contributed by atoms with Crippen molar-refractivity contribution in [3.05, 3.63) is 28.2 Å². The zero-order valence-corrected chi connectivity index (χ0v) is 18.4. The number of ether oxygens (including phenoxy) is 2. The lowest BCUT2D eigenvalue weighted by molar-refractivity contribution is -0.144. The van der Waals surface area contributed by atoms with E-state index < -0.39 is 11.9 Å². The molecule has 1 saturated heterocycles. The van der Waals surface area contributed by atoms with Crippen molar-refractivity contribution < 1.29 is 28.3 Å². The minimum atomic E-state index is -0.573. The summed E-state index contributed by atoms with van der Waals surface area (Å²) < 4.78 is 15.8. The van der Waals surface area contributed by atoms with Gasteiger partial charge in [0.15, 0.2) is 17.6 Å². The van der Waals surface area contributed by atoms with Crippen molar-refractivity contribution >= 4 is 51.2 Å². The van der Waals surface area contributed by atoms with Crippen LogP contribution < -0.4 is 10.6 Å². The number of carbonyl (C=O) groups excluding carboxylic acids is 3. The largest absolute Gasteiger partial charge is 0.462 e. The first-order valence-electron chi connectivity index (χ1n) is 10.00. The van der Waals surface area contributed by atoms with Crippen molar-refractivity contribution in [2.75, 3.05) is 23.8 Å². The van der Waals surface area contributed by atoms with Gasteiger partial charge in [0.2, 0.25) is 11.6 Å². The predicted molar refractivity (Wildman–Crippen MR) is 114 cm³/mol. The van der Waals surface area contributed by atoms with Gasteiger partial charge in [-0.15, -0.1) is 11.3 Å². The maximum atomic E-state index is 12.2. The Bertz CT molecular complexity index is 1200. The second kappa shape index (κ2) is 8.91. The van der Waals surface area contributed by atoms with Crippen LogP contribution in [-0.4, -0.2) is 45.9 Å². The maximum absolute atomic E-state index is 12.2. The molecule has 1 aliphatic heterocycles. The number of thiazole rings is 1. The van der Waals surface area contributed by atoms with E-state index in [1.807, 2.05) is 0 Å². The molecular formula is C20H21N5O6S. The van der Waals surface area contributed by atoms with Crippen LogP contribution in [0.5, 0.6) is 0 Å². The van der Waals surface area contributed by atoms with Crippen molar-refractivity contribution in [3.8, 4) is 0 Å². The fourth-order valence-corrected chi connectivity index (χ4v) is 4.26. The normalized spacial score (nSPS) is 13.7. The second-order valence-electron chi connectivity index (χ2n) is 7.07. The zero-order chi connectivity index (χ0) is 22.8. The smallest absolute Gasteiger partial charge is 0.342 e. The Morgan fingerprint density at radius 3 is 2.81 bits per heavy atom. The van der Waals surface area contributed by atoms with Gasteiger partial charge in [0, 0.05) is 18.3 Å². The van der Waals surface area contributed by atoms with Crippen molar-refractivity contribution in [1.82, 2.24) is 15.0 Å². The van der Waals surface area contributed by atoms with E-state index in [0.29, 0.717) is 29.6 Å². The van der Waals surface area contributed by atoms with Gasteiger partial charge in [0.05, 0.1) is 24.1 Å². The number of aromatic nitrogens is 3. The number of hydrogen-bond donors (Lipinski definition) is 1. The van der Waals surface area contributed by atoms with Crippen LogP contribution in [0.15, 0.2) is 9.80 Å². The first-order valence-corrected chi connectivity index (χ1v) is 10.9. The van der Waals surface area contributed by atoms with Crippen LogP contribution in [0.4, 0.5) is 10.9 Å². The number of carbonyl (C=O) groups is 3. The molecule has 0 aromatic carbocycles. The number of furan rings is 1. The van der Waals surface area contributed by atoms with E-state index in [0.717, 1.165) is 6.42 Å². The monoisotopic (exact) mass is 459 g/mol. The molecule has 1 fully saturated rings. The fraction of sp³-hybridized carbons (Fsp3) is 0.400. The molecule has 0 aliphatic carbocycles. The number of nitrogens with zero attached hydrogens (tertiary/aromatic N) is 4. The number of rotatable bonds is 7. The average Bonchev–Trinajstić information content (AvgIpc) is 3.44. The molecule has 168 valence electrons. The summed E-state index contributed by atoms with van der Waals surface area (Å²) in [5.74, 6) is -0.590. The standard InChI is InChI=1S/C20H21N5O6S/c1-3-29-19(28)15-10(2)31-18-16(15)17(21)23-12(24-18)8-30-14(27)7-11-9-32-20(22-11)25-6-4-5-13(25)26/h9H,3-8H2,1-2H3,(H2,21,23,24). The maximum Gasteiger partial charge on any atom is 0.342 e. The summed E-state index contributed by atoms with van der Waals surface area (Å²) in [7, 11) is 0. The summed E-state index contributed by atoms with van der Waals surface area (Å²) in [5.41, 5.74) is 6.82. The van der Waals surface area contributed by atoms with Crippen LogP contribution in [-0.2, 0) is 32.1 Å². The van der Waals surface area contributed by atoms with Crippen molar-refractivity contribution in [2.24, 2.45) is 0 Å². The molecule has 3 aromatic heterocycles. The average molecular weight is 459 g/mol. The van der Waals surface area contributed by atoms with Crippen LogP contribution >= 0.6 is 11.3 Å². The lowest BCUT2D eigenvalue weighted by Gasteiger charge is -2.10. The van der Waals surface area contributed by atoms with Crippen LogP contribution in [0.2, 0.25) is 0 Å². The number of amides is 1. The van der Waals surface area contributed by atoms with Gasteiger partial charge in [0.1, 0.15) is 17.1 Å². The Hall–Kier alpha value is -3.54. The minimum absolute atomic E-state index is 0.0281. The van der Waals surface area contributed by atoms with E-state index in [1.54, 1.807) is 24.1 Å². The van der Waals surface area contributed by atoms with Gasteiger partial charge in [-0.2, -0.15) is 4.98 Å². The number of nitrogen functional groups attached to an aromatic ring is 1. The topological polar surface area (TPSA) is 151 Å². The van der Waals surface area contributed by atoms with Gasteiger partial charge in [0.25, 0.3) is 0 Å². The van der Waals surface area contributed by atoms with Crippen LogP contribution in [0.25, 0.3) is 11.1 Å². The number of nitrogens with two attached hydrogens (primary N) is 1. The zero-order valence-electron chi connectivity index (χ0n) is 17.5. The molecule has 2 N–H and O–H groups in total. The molecule has 0 radical (unpaired) electrons. The summed E-state index contributed by atoms with van der Waals surface area (Å²) in [4.78, 5) is 50.5. The van der Waals surface area contributed by atoms with Crippen LogP contribution in [0.3, 0.4) is 0 Å². The fourth-order valence-electron chi connectivity index (χ4n) is 3.39. The molecular weight excluding hydrogens is 438 g/mol. The predicted octanol–water partition coefficient (Wildman–Crippen LogP) is 2.16. The molecule has 1 amide bonds. The van der Waals surface area contributed by atoms with Gasteiger partial charge >= 0.3 is 11.9 Å².